The molecule has 0 spiro atoms. The second kappa shape index (κ2) is 13.0. The molecule has 0 saturated carbocycles. The molecule has 0 bridgehead atoms. The molecule has 0 radical (unpaired) electrons. The fourth-order valence-corrected chi connectivity index (χ4v) is 9.32. The molecule has 12 rings (SSSR count). The lowest BCUT2D eigenvalue weighted by Crippen LogP contribution is -2.01. The van der Waals surface area contributed by atoms with Gasteiger partial charge < -0.3 is 9.13 Å². The number of aromatic nitrogens is 5. The SMILES string of the molecule is C1=Cc2ccc3c(c2CC1)c1c2c4ccccc4n(-c4ccc(-c5nc(-c6ccccc6)nc(-c6ccccc6)n5)c5ccccc45)c2ccc1n3-c1ccccc1. The molecule has 11 aromatic rings. The Hall–Kier alpha value is -7.63. The Bertz CT molecular complexity index is 3370. The highest BCUT2D eigenvalue weighted by atomic mass is 15.0. The van der Waals surface area contributed by atoms with Crippen molar-refractivity contribution in [3.63, 3.8) is 0 Å². The van der Waals surface area contributed by atoms with Crippen LogP contribution in [0.4, 0.5) is 0 Å². The number of rotatable bonds is 5. The zero-order chi connectivity index (χ0) is 38.2. The Labute approximate surface area is 334 Å². The van der Waals surface area contributed by atoms with Gasteiger partial charge in [0.25, 0.3) is 0 Å². The molecule has 1 aliphatic carbocycles. The topological polar surface area (TPSA) is 48.5 Å². The molecule has 0 amide bonds. The van der Waals surface area contributed by atoms with E-state index in [0.29, 0.717) is 17.5 Å². The van der Waals surface area contributed by atoms with Crippen molar-refractivity contribution in [1.29, 1.82) is 0 Å². The summed E-state index contributed by atoms with van der Waals surface area (Å²) in [5.74, 6) is 1.94. The Morgan fingerprint density at radius 1 is 0.397 bits per heavy atom. The van der Waals surface area contributed by atoms with E-state index in [1.165, 1.54) is 60.4 Å². The predicted octanol–water partition coefficient (Wildman–Crippen LogP) is 13.2. The summed E-state index contributed by atoms with van der Waals surface area (Å²) >= 11 is 0. The summed E-state index contributed by atoms with van der Waals surface area (Å²) in [4.78, 5) is 15.2. The molecule has 8 aromatic carbocycles. The van der Waals surface area contributed by atoms with Gasteiger partial charge in [0.2, 0.25) is 0 Å². The fraction of sp³-hybridized carbons (Fsp3) is 0.0377. The first-order valence-corrected chi connectivity index (χ1v) is 19.9. The first-order valence-electron chi connectivity index (χ1n) is 19.9. The highest BCUT2D eigenvalue weighted by Gasteiger charge is 2.24. The van der Waals surface area contributed by atoms with E-state index in [1.807, 2.05) is 36.4 Å². The quantitative estimate of drug-likeness (QED) is 0.176. The maximum absolute atomic E-state index is 5.13. The first-order chi connectivity index (χ1) is 28.8. The van der Waals surface area contributed by atoms with Crippen molar-refractivity contribution in [2.45, 2.75) is 12.8 Å². The average Bonchev–Trinajstić information content (AvgIpc) is 3.82. The molecule has 0 atom stereocenters. The Morgan fingerprint density at radius 3 is 1.69 bits per heavy atom. The van der Waals surface area contributed by atoms with Gasteiger partial charge in [-0.25, -0.2) is 15.0 Å². The molecule has 5 heteroatoms. The van der Waals surface area contributed by atoms with Gasteiger partial charge in [-0.3, -0.25) is 0 Å². The van der Waals surface area contributed by atoms with E-state index in [-0.39, 0.29) is 0 Å². The van der Waals surface area contributed by atoms with Crippen LogP contribution in [-0.4, -0.2) is 24.1 Å². The summed E-state index contributed by atoms with van der Waals surface area (Å²) in [6, 6.07) is 62.4. The second-order valence-corrected chi connectivity index (χ2v) is 15.1. The van der Waals surface area contributed by atoms with E-state index in [0.717, 1.165) is 46.0 Å². The molecule has 0 fully saturated rings. The third-order valence-electron chi connectivity index (χ3n) is 11.8. The summed E-state index contributed by atoms with van der Waals surface area (Å²) in [7, 11) is 0. The Kier molecular flexibility index (Phi) is 7.29. The van der Waals surface area contributed by atoms with Crippen LogP contribution in [0.1, 0.15) is 17.5 Å². The van der Waals surface area contributed by atoms with Crippen molar-refractivity contribution >= 4 is 60.5 Å². The largest absolute Gasteiger partial charge is 0.309 e. The molecule has 3 aromatic heterocycles. The summed E-state index contributed by atoms with van der Waals surface area (Å²) in [5.41, 5.74) is 12.7. The average molecular weight is 742 g/mol. The highest BCUT2D eigenvalue weighted by Crippen LogP contribution is 2.46. The number of nitrogens with zero attached hydrogens (tertiary/aromatic N) is 5. The van der Waals surface area contributed by atoms with E-state index in [4.69, 9.17) is 15.0 Å². The van der Waals surface area contributed by atoms with E-state index >= 15 is 0 Å². The van der Waals surface area contributed by atoms with Gasteiger partial charge in [-0.2, -0.15) is 0 Å². The molecule has 58 heavy (non-hydrogen) atoms. The van der Waals surface area contributed by atoms with Crippen LogP contribution < -0.4 is 0 Å². The van der Waals surface area contributed by atoms with Crippen LogP contribution in [0.5, 0.6) is 0 Å². The van der Waals surface area contributed by atoms with Crippen LogP contribution in [0.15, 0.2) is 182 Å². The minimum Gasteiger partial charge on any atom is -0.309 e. The zero-order valence-electron chi connectivity index (χ0n) is 31.5. The Morgan fingerprint density at radius 2 is 0.966 bits per heavy atom. The third-order valence-corrected chi connectivity index (χ3v) is 11.8. The van der Waals surface area contributed by atoms with E-state index in [2.05, 4.69) is 161 Å². The normalized spacial score (nSPS) is 12.6. The van der Waals surface area contributed by atoms with Gasteiger partial charge in [0.1, 0.15) is 0 Å². The van der Waals surface area contributed by atoms with E-state index in [1.54, 1.807) is 0 Å². The first kappa shape index (κ1) is 32.6. The molecule has 0 saturated heterocycles. The van der Waals surface area contributed by atoms with Gasteiger partial charge >= 0.3 is 0 Å². The van der Waals surface area contributed by atoms with Gasteiger partial charge in [-0.1, -0.05) is 140 Å². The predicted molar refractivity (Wildman–Crippen MR) is 240 cm³/mol. The van der Waals surface area contributed by atoms with Gasteiger partial charge in [-0.15, -0.1) is 0 Å². The van der Waals surface area contributed by atoms with Gasteiger partial charge in [0, 0.05) is 49.3 Å². The van der Waals surface area contributed by atoms with Crippen LogP contribution in [0.3, 0.4) is 0 Å². The minimum atomic E-state index is 0.645. The lowest BCUT2D eigenvalue weighted by atomic mass is 9.92. The maximum Gasteiger partial charge on any atom is 0.164 e. The fourth-order valence-electron chi connectivity index (χ4n) is 9.32. The van der Waals surface area contributed by atoms with Crippen molar-refractivity contribution < 1.29 is 0 Å². The molecule has 1 aliphatic rings. The molecule has 0 aliphatic heterocycles. The van der Waals surface area contributed by atoms with E-state index < -0.39 is 0 Å². The monoisotopic (exact) mass is 741 g/mol. The van der Waals surface area contributed by atoms with Gasteiger partial charge in [0.05, 0.1) is 27.8 Å². The number of hydrogen-bond donors (Lipinski definition) is 0. The molecule has 272 valence electrons. The van der Waals surface area contributed by atoms with Crippen molar-refractivity contribution in [3.05, 3.63) is 193 Å². The van der Waals surface area contributed by atoms with Crippen LogP contribution in [0, 0.1) is 0 Å². The summed E-state index contributed by atoms with van der Waals surface area (Å²) < 4.78 is 4.93. The number of para-hydroxylation sites is 2. The van der Waals surface area contributed by atoms with Crippen LogP contribution in [0.2, 0.25) is 0 Å². The molecular weight excluding hydrogens is 707 g/mol. The standard InChI is InChI=1S/C53H35N5/c1-4-17-35(18-5-1)51-54-52(36-19-6-2-7-20-36)56-53(55-51)41-29-31-44(40-25-13-12-24-39(40)41)58-43-27-15-14-26-42(43)49-46(58)32-33-47-50(49)48-38-23-11-10-16-34(38)28-30-45(48)57(47)37-21-8-3-9-22-37/h1-10,12-22,24-33H,11,23H2. The lowest BCUT2D eigenvalue weighted by Gasteiger charge is -2.15. The van der Waals surface area contributed by atoms with Crippen LogP contribution in [-0.2, 0) is 6.42 Å². The molecule has 0 unspecified atom stereocenters. The maximum atomic E-state index is 5.13. The number of allylic oxidation sites excluding steroid dienone is 1. The Balaban J connectivity index is 1.15. The minimum absolute atomic E-state index is 0.645. The number of benzene rings is 8. The molecule has 5 nitrogen and oxygen atoms in total. The van der Waals surface area contributed by atoms with Crippen molar-refractivity contribution in [3.8, 4) is 45.5 Å². The zero-order valence-corrected chi connectivity index (χ0v) is 31.5. The summed E-state index contributed by atoms with van der Waals surface area (Å²) in [6.45, 7) is 0. The summed E-state index contributed by atoms with van der Waals surface area (Å²) in [6.07, 6.45) is 6.68. The van der Waals surface area contributed by atoms with Crippen molar-refractivity contribution in [2.75, 3.05) is 0 Å². The lowest BCUT2D eigenvalue weighted by molar-refractivity contribution is 0.997. The van der Waals surface area contributed by atoms with Crippen molar-refractivity contribution in [2.24, 2.45) is 0 Å². The summed E-state index contributed by atoms with van der Waals surface area (Å²) in [5, 5.41) is 7.39. The molecule has 3 heterocycles. The van der Waals surface area contributed by atoms with Gasteiger partial charge in [-0.05, 0) is 77.9 Å². The van der Waals surface area contributed by atoms with Crippen molar-refractivity contribution in [1.82, 2.24) is 24.1 Å². The molecular formula is C53H35N5. The van der Waals surface area contributed by atoms with Crippen LogP contribution >= 0.6 is 0 Å². The molecule has 0 N–H and O–H groups in total. The number of fused-ring (bicyclic) bond motifs is 10. The number of aryl methyl sites for hydroxylation is 1. The van der Waals surface area contributed by atoms with E-state index in [9.17, 15) is 0 Å². The van der Waals surface area contributed by atoms with Gasteiger partial charge in [0.15, 0.2) is 17.5 Å². The second-order valence-electron chi connectivity index (χ2n) is 15.1. The third kappa shape index (κ3) is 4.93. The highest BCUT2D eigenvalue weighted by molar-refractivity contribution is 6.30. The smallest absolute Gasteiger partial charge is 0.164 e. The van der Waals surface area contributed by atoms with Crippen LogP contribution in [0.25, 0.3) is 106 Å². The number of hydrogen-bond acceptors (Lipinski definition) is 3.